The first-order valence-corrected chi connectivity index (χ1v) is 8.35. The maximum absolute atomic E-state index is 6.23. The molecule has 1 aromatic carbocycles. The Morgan fingerprint density at radius 2 is 1.65 bits per heavy atom. The Morgan fingerprint density at radius 1 is 0.950 bits per heavy atom. The number of hydrogen-bond donors (Lipinski definition) is 1. The summed E-state index contributed by atoms with van der Waals surface area (Å²) in [7, 11) is 0. The summed E-state index contributed by atoms with van der Waals surface area (Å²) in [6, 6.07) is 9.08. The number of likely N-dealkylation sites (tertiary alicyclic amines) is 1. The lowest BCUT2D eigenvalue weighted by atomic mass is 9.68. The highest BCUT2D eigenvalue weighted by Gasteiger charge is 2.34. The van der Waals surface area contributed by atoms with Crippen LogP contribution in [0.5, 0.6) is 0 Å². The molecule has 2 N–H and O–H groups in total. The second kappa shape index (κ2) is 6.28. The summed E-state index contributed by atoms with van der Waals surface area (Å²) < 4.78 is 0. The molecule has 0 amide bonds. The van der Waals surface area contributed by atoms with Gasteiger partial charge in [-0.05, 0) is 49.9 Å². The van der Waals surface area contributed by atoms with E-state index in [1.54, 1.807) is 5.56 Å². The molecule has 2 fully saturated rings. The van der Waals surface area contributed by atoms with E-state index in [1.165, 1.54) is 63.6 Å². The molecule has 1 saturated heterocycles. The minimum absolute atomic E-state index is 0.258. The maximum Gasteiger partial charge on any atom is 0.0236 e. The molecular formula is C18H28N2. The molecule has 0 radical (unpaired) electrons. The molecular weight excluding hydrogens is 244 g/mol. The van der Waals surface area contributed by atoms with Crippen LogP contribution in [-0.2, 0) is 12.0 Å². The van der Waals surface area contributed by atoms with Crippen molar-refractivity contribution in [1.82, 2.24) is 4.90 Å². The van der Waals surface area contributed by atoms with Crippen molar-refractivity contribution < 1.29 is 0 Å². The van der Waals surface area contributed by atoms with Crippen molar-refractivity contribution >= 4 is 0 Å². The second-order valence-electron chi connectivity index (χ2n) is 6.69. The smallest absolute Gasteiger partial charge is 0.0236 e. The van der Waals surface area contributed by atoms with Crippen LogP contribution in [0.3, 0.4) is 0 Å². The van der Waals surface area contributed by atoms with Crippen molar-refractivity contribution in [2.24, 2.45) is 5.73 Å². The number of benzene rings is 1. The molecule has 1 aliphatic carbocycles. The third kappa shape index (κ3) is 2.77. The number of nitrogens with zero attached hydrogens (tertiary/aromatic N) is 1. The fourth-order valence-corrected chi connectivity index (χ4v) is 4.17. The highest BCUT2D eigenvalue weighted by atomic mass is 15.1. The van der Waals surface area contributed by atoms with Crippen molar-refractivity contribution in [2.45, 2.75) is 56.9 Å². The summed E-state index contributed by atoms with van der Waals surface area (Å²) in [5, 5.41) is 0. The van der Waals surface area contributed by atoms with Crippen molar-refractivity contribution in [1.29, 1.82) is 0 Å². The van der Waals surface area contributed by atoms with E-state index in [-0.39, 0.29) is 5.41 Å². The maximum atomic E-state index is 6.23. The van der Waals surface area contributed by atoms with Crippen LogP contribution < -0.4 is 5.73 Å². The van der Waals surface area contributed by atoms with Crippen molar-refractivity contribution in [3.05, 3.63) is 35.4 Å². The molecule has 2 nitrogen and oxygen atoms in total. The zero-order chi connectivity index (χ0) is 13.8. The summed E-state index contributed by atoms with van der Waals surface area (Å²) in [6.07, 6.45) is 9.36. The van der Waals surface area contributed by atoms with Gasteiger partial charge in [0.05, 0.1) is 0 Å². The molecule has 1 saturated carbocycles. The summed E-state index contributed by atoms with van der Waals surface area (Å²) in [5.74, 6) is 0. The average Bonchev–Trinajstić information content (AvgIpc) is 3.01. The first-order chi connectivity index (χ1) is 9.84. The van der Waals surface area contributed by atoms with Gasteiger partial charge in [0.15, 0.2) is 0 Å². The van der Waals surface area contributed by atoms with Crippen LogP contribution in [0.25, 0.3) is 0 Å². The molecule has 2 aliphatic rings. The topological polar surface area (TPSA) is 29.3 Å². The number of hydrogen-bond acceptors (Lipinski definition) is 2. The van der Waals surface area contributed by atoms with Crippen LogP contribution in [-0.4, -0.2) is 24.5 Å². The predicted octanol–water partition coefficient (Wildman–Crippen LogP) is 3.44. The van der Waals surface area contributed by atoms with E-state index in [4.69, 9.17) is 5.73 Å². The monoisotopic (exact) mass is 272 g/mol. The van der Waals surface area contributed by atoms with E-state index in [0.717, 1.165) is 13.1 Å². The van der Waals surface area contributed by atoms with Crippen LogP contribution in [0, 0.1) is 0 Å². The van der Waals surface area contributed by atoms with Crippen molar-refractivity contribution in [3.8, 4) is 0 Å². The van der Waals surface area contributed by atoms with E-state index < -0.39 is 0 Å². The summed E-state index contributed by atoms with van der Waals surface area (Å²) >= 11 is 0. The minimum Gasteiger partial charge on any atom is -0.330 e. The Kier molecular flexibility index (Phi) is 4.42. The largest absolute Gasteiger partial charge is 0.330 e. The van der Waals surface area contributed by atoms with Gasteiger partial charge in [-0.2, -0.15) is 0 Å². The van der Waals surface area contributed by atoms with E-state index >= 15 is 0 Å². The lowest BCUT2D eigenvalue weighted by Gasteiger charge is -2.38. The van der Waals surface area contributed by atoms with E-state index in [1.807, 2.05) is 0 Å². The van der Waals surface area contributed by atoms with Crippen molar-refractivity contribution in [2.75, 3.05) is 19.6 Å². The highest BCUT2D eigenvalue weighted by molar-refractivity contribution is 5.35. The van der Waals surface area contributed by atoms with Gasteiger partial charge in [-0.25, -0.2) is 0 Å². The second-order valence-corrected chi connectivity index (χ2v) is 6.69. The Bertz CT molecular complexity index is 429. The van der Waals surface area contributed by atoms with Gasteiger partial charge in [-0.1, -0.05) is 43.5 Å². The molecule has 1 aliphatic heterocycles. The first-order valence-electron chi connectivity index (χ1n) is 8.35. The Morgan fingerprint density at radius 3 is 2.35 bits per heavy atom. The predicted molar refractivity (Wildman–Crippen MR) is 84.8 cm³/mol. The number of nitrogens with two attached hydrogens (primary N) is 1. The molecule has 2 heteroatoms. The molecule has 0 unspecified atom stereocenters. The molecule has 1 aromatic rings. The fourth-order valence-electron chi connectivity index (χ4n) is 4.17. The zero-order valence-corrected chi connectivity index (χ0v) is 12.6. The van der Waals surface area contributed by atoms with Crippen LogP contribution in [0.4, 0.5) is 0 Å². The van der Waals surface area contributed by atoms with Gasteiger partial charge in [0.1, 0.15) is 0 Å². The van der Waals surface area contributed by atoms with Gasteiger partial charge >= 0.3 is 0 Å². The molecule has 110 valence electrons. The van der Waals surface area contributed by atoms with E-state index in [0.29, 0.717) is 0 Å². The molecule has 0 atom stereocenters. The standard InChI is InChI=1S/C18H28N2/c19-15-18(10-4-1-5-11-18)17-9-3-2-8-16(17)14-20-12-6-7-13-20/h2-3,8-9H,1,4-7,10-15,19H2. The van der Waals surface area contributed by atoms with Crippen LogP contribution in [0.2, 0.25) is 0 Å². The molecule has 3 rings (SSSR count). The lowest BCUT2D eigenvalue weighted by Crippen LogP contribution is -2.38. The van der Waals surface area contributed by atoms with Gasteiger partial charge < -0.3 is 5.73 Å². The normalized spacial score (nSPS) is 23.1. The Labute approximate surface area is 123 Å². The zero-order valence-electron chi connectivity index (χ0n) is 12.6. The minimum atomic E-state index is 0.258. The lowest BCUT2D eigenvalue weighted by molar-refractivity contribution is 0.288. The van der Waals surface area contributed by atoms with Gasteiger partial charge in [0.2, 0.25) is 0 Å². The average molecular weight is 272 g/mol. The SMILES string of the molecule is NCC1(c2ccccc2CN2CCCC2)CCCCC1. The molecule has 1 heterocycles. The van der Waals surface area contributed by atoms with Crippen LogP contribution in [0.15, 0.2) is 24.3 Å². The van der Waals surface area contributed by atoms with Crippen molar-refractivity contribution in [3.63, 3.8) is 0 Å². The summed E-state index contributed by atoms with van der Waals surface area (Å²) in [5.41, 5.74) is 9.57. The van der Waals surface area contributed by atoms with E-state index in [2.05, 4.69) is 29.2 Å². The van der Waals surface area contributed by atoms with E-state index in [9.17, 15) is 0 Å². The molecule has 0 aromatic heterocycles. The number of rotatable bonds is 4. The summed E-state index contributed by atoms with van der Waals surface area (Å²) in [4.78, 5) is 2.60. The quantitative estimate of drug-likeness (QED) is 0.909. The molecule has 0 bridgehead atoms. The highest BCUT2D eigenvalue weighted by Crippen LogP contribution is 2.40. The van der Waals surface area contributed by atoms with Gasteiger partial charge in [-0.15, -0.1) is 0 Å². The fraction of sp³-hybridized carbons (Fsp3) is 0.667. The third-order valence-corrected chi connectivity index (χ3v) is 5.38. The van der Waals surface area contributed by atoms with Gasteiger partial charge in [0.25, 0.3) is 0 Å². The Hall–Kier alpha value is -0.860. The van der Waals surface area contributed by atoms with Gasteiger partial charge in [-0.3, -0.25) is 4.90 Å². The first kappa shape index (κ1) is 14.1. The Balaban J connectivity index is 1.87. The third-order valence-electron chi connectivity index (χ3n) is 5.38. The van der Waals surface area contributed by atoms with Gasteiger partial charge in [0, 0.05) is 18.5 Å². The summed E-state index contributed by atoms with van der Waals surface area (Å²) in [6.45, 7) is 4.47. The van der Waals surface area contributed by atoms with Crippen LogP contribution >= 0.6 is 0 Å². The molecule has 0 spiro atoms. The molecule has 20 heavy (non-hydrogen) atoms. The van der Waals surface area contributed by atoms with Crippen LogP contribution in [0.1, 0.15) is 56.1 Å².